The molecule has 8 heteroatoms. The van der Waals surface area contributed by atoms with E-state index in [2.05, 4.69) is 9.71 Å². The molecule has 0 aliphatic rings. The SMILES string of the molecule is Cc1ccccc1S(=O)(=O)Nc1cc(-c2cccc3cccnc23)sc1C(=O)O. The normalized spacial score (nSPS) is 11.5. The molecule has 0 saturated heterocycles. The third kappa shape index (κ3) is 3.59. The predicted molar refractivity (Wildman–Crippen MR) is 114 cm³/mol. The molecule has 2 aromatic carbocycles. The summed E-state index contributed by atoms with van der Waals surface area (Å²) in [6.07, 6.45) is 1.67. The van der Waals surface area contributed by atoms with Gasteiger partial charge in [-0.1, -0.05) is 42.5 Å². The summed E-state index contributed by atoms with van der Waals surface area (Å²) in [4.78, 5) is 16.8. The molecule has 0 unspecified atom stereocenters. The Morgan fingerprint density at radius 3 is 2.59 bits per heavy atom. The minimum Gasteiger partial charge on any atom is -0.477 e. The summed E-state index contributed by atoms with van der Waals surface area (Å²) in [5.41, 5.74) is 2.08. The molecule has 0 saturated carbocycles. The monoisotopic (exact) mass is 424 g/mol. The minimum absolute atomic E-state index is 0.0358. The summed E-state index contributed by atoms with van der Waals surface area (Å²) >= 11 is 1.01. The van der Waals surface area contributed by atoms with Gasteiger partial charge < -0.3 is 5.11 Å². The number of aryl methyl sites for hydroxylation is 1. The molecule has 4 rings (SSSR count). The van der Waals surface area contributed by atoms with E-state index in [0.717, 1.165) is 27.8 Å². The van der Waals surface area contributed by atoms with Crippen LogP contribution in [0.3, 0.4) is 0 Å². The van der Waals surface area contributed by atoms with Crippen molar-refractivity contribution in [3.63, 3.8) is 0 Å². The van der Waals surface area contributed by atoms with Gasteiger partial charge in [0.15, 0.2) is 0 Å². The van der Waals surface area contributed by atoms with Crippen molar-refractivity contribution < 1.29 is 18.3 Å². The number of aromatic nitrogens is 1. The van der Waals surface area contributed by atoms with E-state index in [9.17, 15) is 18.3 Å². The average Bonchev–Trinajstić information content (AvgIpc) is 3.11. The Kier molecular flexibility index (Phi) is 4.81. The van der Waals surface area contributed by atoms with Crippen LogP contribution in [0.5, 0.6) is 0 Å². The van der Waals surface area contributed by atoms with Gasteiger partial charge in [0.2, 0.25) is 0 Å². The van der Waals surface area contributed by atoms with Crippen LogP contribution in [0.1, 0.15) is 15.2 Å². The largest absolute Gasteiger partial charge is 0.477 e. The second kappa shape index (κ2) is 7.31. The molecular formula is C21H16N2O4S2. The molecule has 0 amide bonds. The lowest BCUT2D eigenvalue weighted by atomic mass is 10.1. The maximum atomic E-state index is 12.8. The Hall–Kier alpha value is -3.23. The van der Waals surface area contributed by atoms with Crippen LogP contribution in [0.25, 0.3) is 21.3 Å². The number of para-hydroxylation sites is 1. The standard InChI is InChI=1S/C21H16N2O4S2/c1-13-6-2-3-10-18(13)29(26,27)23-16-12-17(28-20(16)21(24)25)15-9-4-7-14-8-5-11-22-19(14)15/h2-12,23H,1H3,(H,24,25). The number of rotatable bonds is 5. The van der Waals surface area contributed by atoms with Crippen LogP contribution in [-0.2, 0) is 10.0 Å². The molecule has 29 heavy (non-hydrogen) atoms. The van der Waals surface area contributed by atoms with E-state index in [-0.39, 0.29) is 15.5 Å². The zero-order valence-electron chi connectivity index (χ0n) is 15.3. The van der Waals surface area contributed by atoms with Crippen molar-refractivity contribution in [1.29, 1.82) is 0 Å². The van der Waals surface area contributed by atoms with Gasteiger partial charge in [-0.25, -0.2) is 13.2 Å². The van der Waals surface area contributed by atoms with E-state index in [1.165, 1.54) is 6.07 Å². The number of sulfonamides is 1. The van der Waals surface area contributed by atoms with Crippen molar-refractivity contribution in [3.05, 3.63) is 77.3 Å². The molecule has 2 heterocycles. The second-order valence-electron chi connectivity index (χ2n) is 6.41. The first-order valence-electron chi connectivity index (χ1n) is 8.66. The van der Waals surface area contributed by atoms with Crippen LogP contribution in [0.15, 0.2) is 71.8 Å². The Bertz CT molecular complexity index is 1340. The second-order valence-corrected chi connectivity index (χ2v) is 9.11. The van der Waals surface area contributed by atoms with E-state index in [0.29, 0.717) is 10.4 Å². The third-order valence-corrected chi connectivity index (χ3v) is 7.13. The van der Waals surface area contributed by atoms with E-state index < -0.39 is 16.0 Å². The van der Waals surface area contributed by atoms with Crippen LogP contribution >= 0.6 is 11.3 Å². The highest BCUT2D eigenvalue weighted by atomic mass is 32.2. The zero-order chi connectivity index (χ0) is 20.6. The molecule has 0 aliphatic carbocycles. The molecule has 0 spiro atoms. The van der Waals surface area contributed by atoms with Crippen molar-refractivity contribution in [2.24, 2.45) is 0 Å². The van der Waals surface area contributed by atoms with Crippen LogP contribution in [0.2, 0.25) is 0 Å². The van der Waals surface area contributed by atoms with Crippen molar-refractivity contribution >= 4 is 43.9 Å². The molecule has 146 valence electrons. The van der Waals surface area contributed by atoms with E-state index in [1.54, 1.807) is 37.4 Å². The topological polar surface area (TPSA) is 96.4 Å². The number of nitrogens with zero attached hydrogens (tertiary/aromatic N) is 1. The maximum absolute atomic E-state index is 12.8. The van der Waals surface area contributed by atoms with Crippen LogP contribution in [-0.4, -0.2) is 24.5 Å². The molecule has 0 radical (unpaired) electrons. The van der Waals surface area contributed by atoms with Gasteiger partial charge in [-0.2, -0.15) is 0 Å². The summed E-state index contributed by atoms with van der Waals surface area (Å²) < 4.78 is 28.1. The Morgan fingerprint density at radius 1 is 1.07 bits per heavy atom. The summed E-state index contributed by atoms with van der Waals surface area (Å²) in [7, 11) is -3.93. The Morgan fingerprint density at radius 2 is 1.83 bits per heavy atom. The Labute approximate surface area is 171 Å². The molecule has 0 aliphatic heterocycles. The van der Waals surface area contributed by atoms with Crippen molar-refractivity contribution in [3.8, 4) is 10.4 Å². The summed E-state index contributed by atoms with van der Waals surface area (Å²) in [5.74, 6) is -1.20. The van der Waals surface area contributed by atoms with Gasteiger partial charge in [0.25, 0.3) is 10.0 Å². The van der Waals surface area contributed by atoms with Crippen molar-refractivity contribution in [2.75, 3.05) is 4.72 Å². The van der Waals surface area contributed by atoms with Crippen LogP contribution in [0, 0.1) is 6.92 Å². The third-order valence-electron chi connectivity index (χ3n) is 4.45. The van der Waals surface area contributed by atoms with Crippen molar-refractivity contribution in [1.82, 2.24) is 4.98 Å². The number of nitrogens with one attached hydrogen (secondary N) is 1. The first-order chi connectivity index (χ1) is 13.9. The number of thiophene rings is 1. The first-order valence-corrected chi connectivity index (χ1v) is 11.0. The highest BCUT2D eigenvalue weighted by Crippen LogP contribution is 2.38. The number of hydrogen-bond acceptors (Lipinski definition) is 5. The van der Waals surface area contributed by atoms with Gasteiger partial charge in [0.1, 0.15) is 4.88 Å². The van der Waals surface area contributed by atoms with Gasteiger partial charge in [0.05, 0.1) is 16.1 Å². The molecular weight excluding hydrogens is 408 g/mol. The number of carboxylic acids is 1. The number of benzene rings is 2. The quantitative estimate of drug-likeness (QED) is 0.481. The molecule has 0 fully saturated rings. The fourth-order valence-electron chi connectivity index (χ4n) is 3.12. The highest BCUT2D eigenvalue weighted by molar-refractivity contribution is 7.92. The lowest BCUT2D eigenvalue weighted by Crippen LogP contribution is -2.15. The number of carboxylic acid groups (broad SMARTS) is 1. The molecule has 4 aromatic rings. The molecule has 2 aromatic heterocycles. The molecule has 2 N–H and O–H groups in total. The lowest BCUT2D eigenvalue weighted by Gasteiger charge is -2.09. The van der Waals surface area contributed by atoms with Crippen LogP contribution < -0.4 is 4.72 Å². The number of aromatic carboxylic acids is 1. The number of anilines is 1. The Balaban J connectivity index is 1.82. The van der Waals surface area contributed by atoms with Gasteiger partial charge in [-0.15, -0.1) is 11.3 Å². The van der Waals surface area contributed by atoms with Gasteiger partial charge in [-0.05, 0) is 30.7 Å². The van der Waals surface area contributed by atoms with Gasteiger partial charge in [0, 0.05) is 22.0 Å². The van der Waals surface area contributed by atoms with Gasteiger partial charge in [-0.3, -0.25) is 9.71 Å². The molecule has 6 nitrogen and oxygen atoms in total. The molecule has 0 bridgehead atoms. The fourth-order valence-corrected chi connectivity index (χ4v) is 5.47. The highest BCUT2D eigenvalue weighted by Gasteiger charge is 2.23. The summed E-state index contributed by atoms with van der Waals surface area (Å²) in [5, 5.41) is 10.5. The number of carbonyl (C=O) groups is 1. The number of hydrogen-bond donors (Lipinski definition) is 2. The van der Waals surface area contributed by atoms with E-state index >= 15 is 0 Å². The van der Waals surface area contributed by atoms with Gasteiger partial charge >= 0.3 is 5.97 Å². The van der Waals surface area contributed by atoms with E-state index in [4.69, 9.17) is 0 Å². The summed E-state index contributed by atoms with van der Waals surface area (Å²) in [6, 6.07) is 17.4. The minimum atomic E-state index is -3.93. The average molecular weight is 425 g/mol. The van der Waals surface area contributed by atoms with Crippen LogP contribution in [0.4, 0.5) is 5.69 Å². The predicted octanol–water partition coefficient (Wildman–Crippen LogP) is 4.77. The number of fused-ring (bicyclic) bond motifs is 1. The molecule has 0 atom stereocenters. The van der Waals surface area contributed by atoms with E-state index in [1.807, 2.05) is 30.3 Å². The van der Waals surface area contributed by atoms with Crippen molar-refractivity contribution in [2.45, 2.75) is 11.8 Å². The maximum Gasteiger partial charge on any atom is 0.348 e. The smallest absolute Gasteiger partial charge is 0.348 e. The number of pyridine rings is 1. The summed E-state index contributed by atoms with van der Waals surface area (Å²) in [6.45, 7) is 1.69. The lowest BCUT2D eigenvalue weighted by molar-refractivity contribution is 0.0703. The zero-order valence-corrected chi connectivity index (χ0v) is 16.9. The fraction of sp³-hybridized carbons (Fsp3) is 0.0476. The first kappa shape index (κ1) is 19.1.